The fourth-order valence-corrected chi connectivity index (χ4v) is 3.24. The maximum absolute atomic E-state index is 5.95. The van der Waals surface area contributed by atoms with Crippen molar-refractivity contribution in [2.75, 3.05) is 32.6 Å². The molecule has 5 heteroatoms. The Morgan fingerprint density at radius 2 is 2.29 bits per heavy atom. The zero-order valence-electron chi connectivity index (χ0n) is 12.7. The van der Waals surface area contributed by atoms with E-state index >= 15 is 0 Å². The van der Waals surface area contributed by atoms with Crippen LogP contribution in [0.1, 0.15) is 11.4 Å². The van der Waals surface area contributed by atoms with E-state index in [4.69, 9.17) is 21.3 Å². The fourth-order valence-electron chi connectivity index (χ4n) is 3.07. The molecule has 0 bridgehead atoms. The Labute approximate surface area is 130 Å². The number of rotatable bonds is 4. The number of imidazole rings is 1. The number of hydrogen-bond acceptors (Lipinski definition) is 3. The number of morpholine rings is 1. The Bertz CT molecular complexity index is 625. The van der Waals surface area contributed by atoms with Gasteiger partial charge in [0.2, 0.25) is 0 Å². The molecule has 1 fully saturated rings. The summed E-state index contributed by atoms with van der Waals surface area (Å²) in [6, 6.07) is 6.27. The molecule has 0 aliphatic carbocycles. The van der Waals surface area contributed by atoms with Gasteiger partial charge in [0.1, 0.15) is 5.82 Å². The van der Waals surface area contributed by atoms with E-state index in [0.29, 0.717) is 5.88 Å². The highest BCUT2D eigenvalue weighted by Crippen LogP contribution is 2.22. The number of para-hydroxylation sites is 1. The summed E-state index contributed by atoms with van der Waals surface area (Å²) < 4.78 is 8.22. The van der Waals surface area contributed by atoms with Gasteiger partial charge in [0, 0.05) is 25.4 Å². The van der Waals surface area contributed by atoms with Crippen molar-refractivity contribution in [2.24, 2.45) is 0 Å². The van der Waals surface area contributed by atoms with Gasteiger partial charge in [0.15, 0.2) is 0 Å². The largest absolute Gasteiger partial charge is 0.374 e. The van der Waals surface area contributed by atoms with Crippen molar-refractivity contribution in [2.45, 2.75) is 26.0 Å². The Balaban J connectivity index is 1.96. The number of hydrogen-bond donors (Lipinski definition) is 0. The van der Waals surface area contributed by atoms with Gasteiger partial charge in [0.05, 0.1) is 30.3 Å². The van der Waals surface area contributed by atoms with Crippen molar-refractivity contribution in [3.05, 3.63) is 29.6 Å². The second-order valence-corrected chi connectivity index (χ2v) is 6.15. The molecule has 2 heterocycles. The molecule has 4 nitrogen and oxygen atoms in total. The summed E-state index contributed by atoms with van der Waals surface area (Å²) in [4.78, 5) is 7.08. The molecule has 1 unspecified atom stereocenters. The number of alkyl halides is 1. The molecule has 1 aliphatic rings. The fraction of sp³-hybridized carbons (Fsp3) is 0.562. The van der Waals surface area contributed by atoms with Crippen molar-refractivity contribution in [1.29, 1.82) is 0 Å². The van der Waals surface area contributed by atoms with Crippen LogP contribution in [-0.2, 0) is 17.7 Å². The summed E-state index contributed by atoms with van der Waals surface area (Å²) in [6.45, 7) is 5.76. The molecule has 114 valence electrons. The topological polar surface area (TPSA) is 30.3 Å². The number of aromatic nitrogens is 2. The first-order chi connectivity index (χ1) is 10.2. The Hall–Kier alpha value is -1.10. The highest BCUT2D eigenvalue weighted by Gasteiger charge is 2.21. The summed E-state index contributed by atoms with van der Waals surface area (Å²) in [5, 5.41) is 0. The molecule has 0 spiro atoms. The molecule has 1 atom stereocenters. The number of nitrogens with zero attached hydrogens (tertiary/aromatic N) is 3. The minimum Gasteiger partial charge on any atom is -0.374 e. The minimum atomic E-state index is 0.217. The normalized spacial score (nSPS) is 20.2. The SMILES string of the molecule is Cc1cccc2nc(CCCl)n(CC3CN(C)CCO3)c12. The monoisotopic (exact) mass is 307 g/mol. The lowest BCUT2D eigenvalue weighted by Crippen LogP contribution is -2.42. The van der Waals surface area contributed by atoms with Crippen LogP contribution in [0.4, 0.5) is 0 Å². The van der Waals surface area contributed by atoms with E-state index < -0.39 is 0 Å². The first kappa shape index (κ1) is 14.8. The van der Waals surface area contributed by atoms with Crippen LogP contribution in [0.3, 0.4) is 0 Å². The van der Waals surface area contributed by atoms with Crippen molar-refractivity contribution in [1.82, 2.24) is 14.5 Å². The summed E-state index contributed by atoms with van der Waals surface area (Å²) in [7, 11) is 2.15. The smallest absolute Gasteiger partial charge is 0.111 e. The zero-order valence-corrected chi connectivity index (χ0v) is 13.4. The van der Waals surface area contributed by atoms with E-state index in [2.05, 4.69) is 41.6 Å². The first-order valence-corrected chi connectivity index (χ1v) is 8.03. The highest BCUT2D eigenvalue weighted by atomic mass is 35.5. The molecule has 2 aromatic rings. The van der Waals surface area contributed by atoms with Crippen LogP contribution in [-0.4, -0.2) is 53.2 Å². The zero-order chi connectivity index (χ0) is 14.8. The highest BCUT2D eigenvalue weighted by molar-refractivity contribution is 6.17. The van der Waals surface area contributed by atoms with E-state index in [1.807, 2.05) is 0 Å². The second kappa shape index (κ2) is 6.34. The van der Waals surface area contributed by atoms with E-state index in [1.54, 1.807) is 0 Å². The van der Waals surface area contributed by atoms with Gasteiger partial charge < -0.3 is 14.2 Å². The Morgan fingerprint density at radius 3 is 3.05 bits per heavy atom. The predicted octanol–water partition coefficient (Wildman–Crippen LogP) is 2.46. The lowest BCUT2D eigenvalue weighted by Gasteiger charge is -2.30. The number of aryl methyl sites for hydroxylation is 2. The van der Waals surface area contributed by atoms with Crippen LogP contribution >= 0.6 is 11.6 Å². The van der Waals surface area contributed by atoms with Crippen LogP contribution in [0.2, 0.25) is 0 Å². The van der Waals surface area contributed by atoms with E-state index in [-0.39, 0.29) is 6.10 Å². The van der Waals surface area contributed by atoms with E-state index in [9.17, 15) is 0 Å². The third-order valence-corrected chi connectivity index (χ3v) is 4.28. The van der Waals surface area contributed by atoms with E-state index in [1.165, 1.54) is 11.1 Å². The molecular weight excluding hydrogens is 286 g/mol. The van der Waals surface area contributed by atoms with E-state index in [0.717, 1.165) is 44.0 Å². The number of benzene rings is 1. The quantitative estimate of drug-likeness (QED) is 0.813. The average molecular weight is 308 g/mol. The number of halogens is 1. The molecule has 0 radical (unpaired) electrons. The Kier molecular flexibility index (Phi) is 4.48. The van der Waals surface area contributed by atoms with Crippen molar-refractivity contribution in [3.63, 3.8) is 0 Å². The molecule has 21 heavy (non-hydrogen) atoms. The molecule has 0 amide bonds. The van der Waals surface area contributed by atoms with Crippen LogP contribution in [0.5, 0.6) is 0 Å². The average Bonchev–Trinajstić information content (AvgIpc) is 2.79. The van der Waals surface area contributed by atoms with Gasteiger partial charge in [-0.25, -0.2) is 4.98 Å². The Morgan fingerprint density at radius 1 is 1.43 bits per heavy atom. The first-order valence-electron chi connectivity index (χ1n) is 7.50. The van der Waals surface area contributed by atoms with Crippen molar-refractivity contribution >= 4 is 22.6 Å². The third-order valence-electron chi connectivity index (χ3n) is 4.09. The summed E-state index contributed by atoms with van der Waals surface area (Å²) in [5.74, 6) is 1.65. The van der Waals surface area contributed by atoms with Crippen molar-refractivity contribution < 1.29 is 4.74 Å². The molecule has 1 saturated heterocycles. The molecule has 1 aromatic heterocycles. The maximum Gasteiger partial charge on any atom is 0.111 e. The summed E-state index contributed by atoms with van der Waals surface area (Å²) in [6.07, 6.45) is 1.01. The predicted molar refractivity (Wildman–Crippen MR) is 86.1 cm³/mol. The van der Waals surface area contributed by atoms with Gasteiger partial charge in [0.25, 0.3) is 0 Å². The van der Waals surface area contributed by atoms with Gasteiger partial charge in [-0.05, 0) is 25.6 Å². The van der Waals surface area contributed by atoms with Gasteiger partial charge in [-0.2, -0.15) is 0 Å². The maximum atomic E-state index is 5.95. The molecule has 1 aromatic carbocycles. The summed E-state index contributed by atoms with van der Waals surface area (Å²) >= 11 is 5.95. The van der Waals surface area contributed by atoms with Gasteiger partial charge in [-0.1, -0.05) is 12.1 Å². The number of ether oxygens (including phenoxy) is 1. The third kappa shape index (κ3) is 3.07. The standard InChI is InChI=1S/C16H22ClN3O/c1-12-4-3-5-14-16(12)20(15(18-14)6-7-17)11-13-10-19(2)8-9-21-13/h3-5,13H,6-11H2,1-2H3. The van der Waals surface area contributed by atoms with Crippen molar-refractivity contribution in [3.8, 4) is 0 Å². The lowest BCUT2D eigenvalue weighted by atomic mass is 10.2. The van der Waals surface area contributed by atoms with Gasteiger partial charge in [-0.3, -0.25) is 0 Å². The van der Waals surface area contributed by atoms with Gasteiger partial charge in [-0.15, -0.1) is 11.6 Å². The van der Waals surface area contributed by atoms with Crippen LogP contribution in [0, 0.1) is 6.92 Å². The minimum absolute atomic E-state index is 0.217. The number of likely N-dealkylation sites (N-methyl/N-ethyl adjacent to an activating group) is 1. The second-order valence-electron chi connectivity index (χ2n) is 5.78. The molecule has 0 N–H and O–H groups in total. The molecular formula is C16H22ClN3O. The number of fused-ring (bicyclic) bond motifs is 1. The van der Waals surface area contributed by atoms with Gasteiger partial charge >= 0.3 is 0 Å². The molecule has 0 saturated carbocycles. The molecule has 1 aliphatic heterocycles. The lowest BCUT2D eigenvalue weighted by molar-refractivity contribution is -0.0272. The summed E-state index contributed by atoms with van der Waals surface area (Å²) in [5.41, 5.74) is 3.53. The molecule has 3 rings (SSSR count). The van der Waals surface area contributed by atoms with Crippen LogP contribution in [0.25, 0.3) is 11.0 Å². The van der Waals surface area contributed by atoms with Crippen LogP contribution in [0.15, 0.2) is 18.2 Å². The van der Waals surface area contributed by atoms with Crippen LogP contribution < -0.4 is 0 Å².